The third-order valence-electron chi connectivity index (χ3n) is 18.9. The summed E-state index contributed by atoms with van der Waals surface area (Å²) in [5, 5.41) is 0. The third kappa shape index (κ3) is 7.50. The summed E-state index contributed by atoms with van der Waals surface area (Å²) in [5.74, 6) is 0. The van der Waals surface area contributed by atoms with Gasteiger partial charge in [-0.2, -0.15) is 0 Å². The van der Waals surface area contributed by atoms with Crippen LogP contribution in [0.4, 0.5) is 28.4 Å². The molecule has 80 heavy (non-hydrogen) atoms. The summed E-state index contributed by atoms with van der Waals surface area (Å²) in [6.45, 7) is 26.1. The quantitative estimate of drug-likeness (QED) is 0.142. The Labute approximate surface area is 478 Å². The van der Waals surface area contributed by atoms with Crippen LogP contribution in [0.5, 0.6) is 0 Å². The topological polar surface area (TPSA) is 6.48 Å². The predicted molar refractivity (Wildman–Crippen MR) is 341 cm³/mol. The van der Waals surface area contributed by atoms with E-state index >= 15 is 0 Å². The molecule has 8 aromatic carbocycles. The Morgan fingerprint density at radius 2 is 0.825 bits per heavy atom. The van der Waals surface area contributed by atoms with Crippen molar-refractivity contribution in [3.63, 3.8) is 0 Å². The Kier molecular flexibility index (Phi) is 11.3. The summed E-state index contributed by atoms with van der Waals surface area (Å²) < 4.78 is 0. The molecule has 0 atom stereocenters. The molecule has 0 radical (unpaired) electrons. The second-order valence-electron chi connectivity index (χ2n) is 24.8. The van der Waals surface area contributed by atoms with Crippen LogP contribution in [0.2, 0.25) is 0 Å². The number of rotatable bonds is 9. The summed E-state index contributed by atoms with van der Waals surface area (Å²) in [7, 11) is 0. The first-order valence-electron chi connectivity index (χ1n) is 28.7. The Morgan fingerprint density at radius 1 is 0.425 bits per heavy atom. The largest absolute Gasteiger partial charge is 0.311 e. The molecule has 0 amide bonds. The van der Waals surface area contributed by atoms with Crippen LogP contribution in [-0.2, 0) is 16.2 Å². The van der Waals surface area contributed by atoms with Gasteiger partial charge < -0.3 is 9.80 Å². The van der Waals surface area contributed by atoms with Crippen LogP contribution in [0.25, 0.3) is 54.3 Å². The smallest absolute Gasteiger partial charge is 0.0465 e. The first-order valence-corrected chi connectivity index (χ1v) is 29.5. The van der Waals surface area contributed by atoms with Gasteiger partial charge in [0.15, 0.2) is 0 Å². The first-order chi connectivity index (χ1) is 38.5. The number of fused-ring (bicyclic) bond motifs is 10. The maximum absolute atomic E-state index is 4.90. The van der Waals surface area contributed by atoms with E-state index in [0.717, 1.165) is 47.0 Å². The SMILES string of the molecule is C=C(/C=C1\C(=C/C)C2=CCCC=C2C1(C)C)N(c1ccc(-c2ccc(-c3ccc(N(c4ccc5c(c4)C(C)(C)c4ccccc4-5)c4ccc5c(c4)C(C)(C)c4ccccc4-5)cc3)s2)cc1)c1ccc2c(c1)C(C)(C)c1ccccc1-2. The van der Waals surface area contributed by atoms with E-state index in [1.165, 1.54) is 110 Å². The number of nitrogens with zero attached hydrogens (tertiary/aromatic N) is 2. The van der Waals surface area contributed by atoms with Gasteiger partial charge in [0.1, 0.15) is 0 Å². The maximum atomic E-state index is 4.90. The summed E-state index contributed by atoms with van der Waals surface area (Å²) in [6, 6.07) is 71.0. The molecule has 5 aliphatic rings. The Bertz CT molecular complexity index is 4090. The third-order valence-corrected chi connectivity index (χ3v) is 20.1. The number of hydrogen-bond acceptors (Lipinski definition) is 3. The van der Waals surface area contributed by atoms with Crippen LogP contribution >= 0.6 is 11.3 Å². The Balaban J connectivity index is 0.800. The summed E-state index contributed by atoms with van der Waals surface area (Å²) in [4.78, 5) is 7.32. The lowest BCUT2D eigenvalue weighted by atomic mass is 9.80. The van der Waals surface area contributed by atoms with E-state index < -0.39 is 0 Å². The van der Waals surface area contributed by atoms with E-state index in [0.29, 0.717) is 0 Å². The van der Waals surface area contributed by atoms with Crippen LogP contribution in [0.1, 0.15) is 109 Å². The van der Waals surface area contributed by atoms with Crippen LogP contribution in [0, 0.1) is 5.41 Å². The first kappa shape index (κ1) is 50.0. The average molecular weight is 1050 g/mol. The molecule has 2 nitrogen and oxygen atoms in total. The lowest BCUT2D eigenvalue weighted by molar-refractivity contribution is 0.577. The highest BCUT2D eigenvalue weighted by Crippen LogP contribution is 2.57. The zero-order valence-corrected chi connectivity index (χ0v) is 48.4. The molecule has 1 saturated carbocycles. The summed E-state index contributed by atoms with van der Waals surface area (Å²) in [5.41, 5.74) is 30.2. The lowest BCUT2D eigenvalue weighted by Gasteiger charge is -2.30. The second-order valence-corrected chi connectivity index (χ2v) is 25.9. The molecule has 3 heteroatoms. The highest BCUT2D eigenvalue weighted by molar-refractivity contribution is 7.18. The number of allylic oxidation sites excluding steroid dienone is 8. The van der Waals surface area contributed by atoms with Gasteiger partial charge in [-0.05, 0) is 199 Å². The van der Waals surface area contributed by atoms with Crippen molar-refractivity contribution in [3.8, 4) is 54.3 Å². The number of thiophene rings is 1. The van der Waals surface area contributed by atoms with Crippen molar-refractivity contribution in [2.75, 3.05) is 9.80 Å². The van der Waals surface area contributed by atoms with Crippen molar-refractivity contribution in [1.29, 1.82) is 0 Å². The fourth-order valence-corrected chi connectivity index (χ4v) is 15.6. The average Bonchev–Trinajstić information content (AvgIpc) is 4.41. The molecule has 5 aliphatic carbocycles. The zero-order chi connectivity index (χ0) is 55.0. The van der Waals surface area contributed by atoms with Crippen molar-refractivity contribution in [3.05, 3.63) is 280 Å². The number of benzene rings is 8. The van der Waals surface area contributed by atoms with Gasteiger partial charge in [0.05, 0.1) is 0 Å². The lowest BCUT2D eigenvalue weighted by Crippen LogP contribution is -2.19. The van der Waals surface area contributed by atoms with Crippen LogP contribution in [0.3, 0.4) is 0 Å². The van der Waals surface area contributed by atoms with Crippen molar-refractivity contribution in [1.82, 2.24) is 0 Å². The van der Waals surface area contributed by atoms with Crippen molar-refractivity contribution < 1.29 is 0 Å². The van der Waals surface area contributed by atoms with E-state index in [-0.39, 0.29) is 21.7 Å². The van der Waals surface area contributed by atoms with Gasteiger partial charge in [0, 0.05) is 65.5 Å². The van der Waals surface area contributed by atoms with Gasteiger partial charge >= 0.3 is 0 Å². The van der Waals surface area contributed by atoms with E-state index in [9.17, 15) is 0 Å². The van der Waals surface area contributed by atoms with Gasteiger partial charge in [-0.1, -0.05) is 195 Å². The minimum atomic E-state index is -0.134. The van der Waals surface area contributed by atoms with Gasteiger partial charge in [0.25, 0.3) is 0 Å². The van der Waals surface area contributed by atoms with Gasteiger partial charge in [-0.3, -0.25) is 0 Å². The molecular formula is C77H68N2S. The predicted octanol–water partition coefficient (Wildman–Crippen LogP) is 21.7. The minimum absolute atomic E-state index is 0.117. The van der Waals surface area contributed by atoms with E-state index in [1.54, 1.807) is 0 Å². The van der Waals surface area contributed by atoms with Crippen LogP contribution in [0.15, 0.2) is 247 Å². The van der Waals surface area contributed by atoms with Crippen LogP contribution in [-0.4, -0.2) is 0 Å². The number of hydrogen-bond donors (Lipinski definition) is 0. The summed E-state index contributed by atoms with van der Waals surface area (Å²) >= 11 is 1.85. The van der Waals surface area contributed by atoms with Gasteiger partial charge in [0.2, 0.25) is 0 Å². The fraction of sp³-hybridized carbons (Fsp3) is 0.195. The zero-order valence-electron chi connectivity index (χ0n) is 47.6. The fourth-order valence-electron chi connectivity index (χ4n) is 14.6. The highest BCUT2D eigenvalue weighted by Gasteiger charge is 2.42. The van der Waals surface area contributed by atoms with E-state index in [1.807, 2.05) is 11.3 Å². The van der Waals surface area contributed by atoms with Crippen molar-refractivity contribution >= 4 is 39.8 Å². The molecule has 14 rings (SSSR count). The molecule has 392 valence electrons. The standard InChI is InChI=1S/C77H68N2S/c1-11-56-57-20-12-16-24-64(57)74(3,4)68(56)44-48(2)78(53-36-39-61-58-21-13-17-25-65(58)75(5,6)69(61)45-53)51-32-28-49(29-33-51)72-42-43-73(80-72)50-30-34-52(35-31-50)79(54-37-40-62-59-22-14-18-26-66(59)76(7,8)70(62)46-54)55-38-41-63-60-23-15-19-27-67(60)77(9,10)71(63)47-55/h11,13-15,17-47H,2,12,16H2,1,3-10H3/b56-11-,68-44+. The minimum Gasteiger partial charge on any atom is -0.311 e. The molecular weight excluding hydrogens is 985 g/mol. The molecule has 0 aliphatic heterocycles. The maximum Gasteiger partial charge on any atom is 0.0465 e. The van der Waals surface area contributed by atoms with E-state index in [4.69, 9.17) is 6.58 Å². The van der Waals surface area contributed by atoms with Crippen LogP contribution < -0.4 is 9.80 Å². The van der Waals surface area contributed by atoms with E-state index in [2.05, 4.69) is 284 Å². The monoisotopic (exact) mass is 1050 g/mol. The molecule has 0 bridgehead atoms. The molecule has 0 unspecified atom stereocenters. The highest BCUT2D eigenvalue weighted by atomic mass is 32.1. The molecule has 1 heterocycles. The Morgan fingerprint density at radius 3 is 1.30 bits per heavy atom. The molecule has 0 spiro atoms. The Hall–Kier alpha value is -8.24. The second kappa shape index (κ2) is 18.1. The van der Waals surface area contributed by atoms with Crippen molar-refractivity contribution in [2.24, 2.45) is 5.41 Å². The van der Waals surface area contributed by atoms with Gasteiger partial charge in [-0.15, -0.1) is 11.3 Å². The molecule has 0 saturated heterocycles. The molecule has 1 fully saturated rings. The number of anilines is 5. The van der Waals surface area contributed by atoms with Crippen molar-refractivity contribution in [2.45, 2.75) is 91.4 Å². The van der Waals surface area contributed by atoms with Gasteiger partial charge in [-0.25, -0.2) is 0 Å². The summed E-state index contributed by atoms with van der Waals surface area (Å²) in [6.07, 6.45) is 11.7. The normalized spacial score (nSPS) is 17.9. The molecule has 0 N–H and O–H groups in total. The molecule has 1 aromatic heterocycles. The molecule has 9 aromatic rings.